The number of nitrogens with one attached hydrogen (secondary N) is 1. The maximum atomic E-state index is 12.0. The first-order chi connectivity index (χ1) is 9.45. The monoisotopic (exact) mass is 364 g/mol. The summed E-state index contributed by atoms with van der Waals surface area (Å²) in [5.74, 6) is 0. The third-order valence-electron chi connectivity index (χ3n) is 2.61. The number of sulfonamides is 1. The molecule has 0 amide bonds. The van der Waals surface area contributed by atoms with Crippen molar-refractivity contribution in [3.8, 4) is 0 Å². The number of hydrogen-bond acceptors (Lipinski definition) is 4. The maximum Gasteiger partial charge on any atom is 0.240 e. The molecule has 0 aliphatic heterocycles. The number of likely N-dealkylation sites (N-methyl/N-ethyl adjacent to an activating group) is 1. The van der Waals surface area contributed by atoms with Crippen LogP contribution in [0.5, 0.6) is 0 Å². The van der Waals surface area contributed by atoms with Crippen LogP contribution in [0.4, 0.5) is 0 Å². The summed E-state index contributed by atoms with van der Waals surface area (Å²) in [5, 5.41) is 0.709. The first-order valence-corrected chi connectivity index (χ1v) is 8.93. The van der Waals surface area contributed by atoms with E-state index in [1.165, 1.54) is 0 Å². The van der Waals surface area contributed by atoms with Gasteiger partial charge in [0.15, 0.2) is 0 Å². The van der Waals surface area contributed by atoms with Crippen molar-refractivity contribution in [1.82, 2.24) is 9.62 Å². The number of ether oxygens (including phenoxy) is 1. The van der Waals surface area contributed by atoms with Gasteiger partial charge in [0, 0.05) is 18.4 Å². The molecule has 0 aromatic heterocycles. The lowest BCUT2D eigenvalue weighted by molar-refractivity contribution is 0.122. The zero-order valence-corrected chi connectivity index (χ0v) is 14.2. The predicted molar refractivity (Wildman–Crippen MR) is 83.6 cm³/mol. The molecular formula is C13H21BrN2O3S. The van der Waals surface area contributed by atoms with Crippen molar-refractivity contribution in [1.29, 1.82) is 0 Å². The van der Waals surface area contributed by atoms with Gasteiger partial charge in [0.1, 0.15) is 0 Å². The Balaban J connectivity index is 2.37. The number of alkyl halides is 1. The summed E-state index contributed by atoms with van der Waals surface area (Å²) >= 11 is 3.32. The second kappa shape index (κ2) is 8.74. The topological polar surface area (TPSA) is 58.6 Å². The van der Waals surface area contributed by atoms with E-state index in [-0.39, 0.29) is 11.4 Å². The van der Waals surface area contributed by atoms with E-state index >= 15 is 0 Å². The van der Waals surface area contributed by atoms with Crippen molar-refractivity contribution >= 4 is 26.0 Å². The Labute approximate surface area is 129 Å². The fraction of sp³-hybridized carbons (Fsp3) is 0.538. The molecule has 1 rings (SSSR count). The van der Waals surface area contributed by atoms with Crippen LogP contribution in [0.15, 0.2) is 29.2 Å². The van der Waals surface area contributed by atoms with Crippen LogP contribution in [-0.4, -0.2) is 53.7 Å². The van der Waals surface area contributed by atoms with Crippen molar-refractivity contribution < 1.29 is 13.2 Å². The molecule has 20 heavy (non-hydrogen) atoms. The Morgan fingerprint density at radius 2 is 1.85 bits per heavy atom. The fourth-order valence-electron chi connectivity index (χ4n) is 1.44. The van der Waals surface area contributed by atoms with Crippen LogP contribution in [0, 0.1) is 0 Å². The SMILES string of the molecule is CN(C)CCOCCNS(=O)(=O)c1ccc(CBr)cc1. The van der Waals surface area contributed by atoms with Crippen LogP contribution in [-0.2, 0) is 20.1 Å². The van der Waals surface area contributed by atoms with Crippen LogP contribution in [0.25, 0.3) is 0 Å². The quantitative estimate of drug-likeness (QED) is 0.532. The van der Waals surface area contributed by atoms with Crippen molar-refractivity contribution in [3.63, 3.8) is 0 Å². The first-order valence-electron chi connectivity index (χ1n) is 6.33. The lowest BCUT2D eigenvalue weighted by Gasteiger charge is -2.10. The molecule has 0 heterocycles. The van der Waals surface area contributed by atoms with E-state index in [2.05, 4.69) is 20.7 Å². The van der Waals surface area contributed by atoms with Gasteiger partial charge in [0.2, 0.25) is 10.0 Å². The number of rotatable bonds is 9. The molecule has 0 radical (unpaired) electrons. The number of hydrogen-bond donors (Lipinski definition) is 1. The smallest absolute Gasteiger partial charge is 0.240 e. The molecule has 1 aromatic carbocycles. The molecule has 1 aromatic rings. The zero-order chi connectivity index (χ0) is 15.0. The lowest BCUT2D eigenvalue weighted by Crippen LogP contribution is -2.28. The van der Waals surface area contributed by atoms with Gasteiger partial charge in [0.05, 0.1) is 18.1 Å². The average Bonchev–Trinajstić information content (AvgIpc) is 2.42. The predicted octanol–water partition coefficient (Wildman–Crippen LogP) is 1.44. The van der Waals surface area contributed by atoms with Crippen LogP contribution >= 0.6 is 15.9 Å². The van der Waals surface area contributed by atoms with Gasteiger partial charge in [-0.1, -0.05) is 28.1 Å². The van der Waals surface area contributed by atoms with E-state index in [9.17, 15) is 8.42 Å². The van der Waals surface area contributed by atoms with Crippen molar-refractivity contribution in [3.05, 3.63) is 29.8 Å². The van der Waals surface area contributed by atoms with Crippen LogP contribution in [0.2, 0.25) is 0 Å². The molecule has 0 fully saturated rings. The standard InChI is InChI=1S/C13H21BrN2O3S/c1-16(2)8-10-19-9-7-15-20(17,18)13-5-3-12(11-14)4-6-13/h3-6,15H,7-11H2,1-2H3. The molecule has 5 nitrogen and oxygen atoms in total. The average molecular weight is 365 g/mol. The lowest BCUT2D eigenvalue weighted by atomic mass is 10.2. The summed E-state index contributed by atoms with van der Waals surface area (Å²) in [6, 6.07) is 6.78. The number of halogens is 1. The van der Waals surface area contributed by atoms with Gasteiger partial charge in [-0.25, -0.2) is 13.1 Å². The third kappa shape index (κ3) is 6.32. The molecule has 7 heteroatoms. The maximum absolute atomic E-state index is 12.0. The largest absolute Gasteiger partial charge is 0.379 e. The van der Waals surface area contributed by atoms with Crippen LogP contribution in [0.1, 0.15) is 5.56 Å². The second-order valence-corrected chi connectivity index (χ2v) is 6.92. The highest BCUT2D eigenvalue weighted by Crippen LogP contribution is 2.12. The van der Waals surface area contributed by atoms with Gasteiger partial charge in [-0.15, -0.1) is 0 Å². The normalized spacial score (nSPS) is 12.0. The van der Waals surface area contributed by atoms with E-state index in [0.717, 1.165) is 12.1 Å². The molecule has 0 atom stereocenters. The van der Waals surface area contributed by atoms with E-state index in [0.29, 0.717) is 18.5 Å². The summed E-state index contributed by atoms with van der Waals surface area (Å²) in [6.45, 7) is 2.05. The van der Waals surface area contributed by atoms with E-state index < -0.39 is 10.0 Å². The third-order valence-corrected chi connectivity index (χ3v) is 4.73. The molecule has 0 aliphatic carbocycles. The minimum atomic E-state index is -3.44. The molecule has 0 spiro atoms. The summed E-state index contributed by atoms with van der Waals surface area (Å²) in [6.07, 6.45) is 0. The second-order valence-electron chi connectivity index (χ2n) is 4.59. The van der Waals surface area contributed by atoms with Crippen LogP contribution < -0.4 is 4.72 Å². The van der Waals surface area contributed by atoms with Crippen molar-refractivity contribution in [2.24, 2.45) is 0 Å². The van der Waals surface area contributed by atoms with E-state index in [1.54, 1.807) is 24.3 Å². The highest BCUT2D eigenvalue weighted by atomic mass is 79.9. The molecular weight excluding hydrogens is 344 g/mol. The zero-order valence-electron chi connectivity index (χ0n) is 11.8. The van der Waals surface area contributed by atoms with E-state index in [1.807, 2.05) is 19.0 Å². The van der Waals surface area contributed by atoms with Crippen LogP contribution in [0.3, 0.4) is 0 Å². The molecule has 0 bridgehead atoms. The molecule has 0 saturated heterocycles. The molecule has 0 aliphatic rings. The summed E-state index contributed by atoms with van der Waals surface area (Å²) in [7, 11) is 0.477. The van der Waals surface area contributed by atoms with Crippen molar-refractivity contribution in [2.45, 2.75) is 10.2 Å². The Morgan fingerprint density at radius 3 is 2.40 bits per heavy atom. The van der Waals surface area contributed by atoms with Gasteiger partial charge in [-0.2, -0.15) is 0 Å². The van der Waals surface area contributed by atoms with Gasteiger partial charge < -0.3 is 9.64 Å². The summed E-state index contributed by atoms with van der Waals surface area (Å²) in [5.41, 5.74) is 1.04. The van der Waals surface area contributed by atoms with E-state index in [4.69, 9.17) is 4.74 Å². The fourth-order valence-corrected chi connectivity index (χ4v) is 2.83. The highest BCUT2D eigenvalue weighted by molar-refractivity contribution is 9.08. The van der Waals surface area contributed by atoms with Crippen molar-refractivity contribution in [2.75, 3.05) is 40.4 Å². The van der Waals surface area contributed by atoms with Gasteiger partial charge in [-0.05, 0) is 31.8 Å². The van der Waals surface area contributed by atoms with Gasteiger partial charge >= 0.3 is 0 Å². The molecule has 0 saturated carbocycles. The number of nitrogens with zero attached hydrogens (tertiary/aromatic N) is 1. The molecule has 1 N–H and O–H groups in total. The first kappa shape index (κ1) is 17.6. The Bertz CT molecular complexity index is 489. The van der Waals surface area contributed by atoms with Gasteiger partial charge in [-0.3, -0.25) is 0 Å². The van der Waals surface area contributed by atoms with Gasteiger partial charge in [0.25, 0.3) is 0 Å². The highest BCUT2D eigenvalue weighted by Gasteiger charge is 2.12. The minimum absolute atomic E-state index is 0.274. The molecule has 0 unspecified atom stereocenters. The summed E-state index contributed by atoms with van der Waals surface area (Å²) < 4.78 is 31.8. The summed E-state index contributed by atoms with van der Waals surface area (Å²) in [4.78, 5) is 2.28. The minimum Gasteiger partial charge on any atom is -0.379 e. The Hall–Kier alpha value is -0.470. The number of benzene rings is 1. The Kier molecular flexibility index (Phi) is 7.68. The molecule has 114 valence electrons. The Morgan fingerprint density at radius 1 is 1.20 bits per heavy atom.